The molecule has 19 heavy (non-hydrogen) atoms. The van der Waals surface area contributed by atoms with E-state index in [4.69, 9.17) is 0 Å². The van der Waals surface area contributed by atoms with Gasteiger partial charge in [-0.05, 0) is 20.8 Å². The van der Waals surface area contributed by atoms with Crippen molar-refractivity contribution < 1.29 is 14.4 Å². The summed E-state index contributed by atoms with van der Waals surface area (Å²) in [5.74, 6) is -0.679. The molecule has 1 unspecified atom stereocenters. The Morgan fingerprint density at radius 2 is 1.74 bits per heavy atom. The van der Waals surface area contributed by atoms with E-state index in [1.165, 1.54) is 0 Å². The molecule has 0 aromatic heterocycles. The third-order valence-electron chi connectivity index (χ3n) is 2.78. The zero-order valence-electron chi connectivity index (χ0n) is 12.5. The number of carbonyl (C=O) groups is 3. The van der Waals surface area contributed by atoms with Crippen molar-refractivity contribution in [1.29, 1.82) is 0 Å². The third kappa shape index (κ3) is 4.16. The molecule has 2 amide bonds. The van der Waals surface area contributed by atoms with Gasteiger partial charge in [0.15, 0.2) is 0 Å². The van der Waals surface area contributed by atoms with Crippen molar-refractivity contribution in [2.45, 2.75) is 59.5 Å². The number of hydrogen-bond donors (Lipinski definition) is 1. The van der Waals surface area contributed by atoms with Crippen molar-refractivity contribution in [3.05, 3.63) is 0 Å². The number of amides is 2. The van der Waals surface area contributed by atoms with Crippen LogP contribution in [-0.4, -0.2) is 41.3 Å². The van der Waals surface area contributed by atoms with Gasteiger partial charge >= 0.3 is 7.41 Å². The molecular formula is C13H22BN2O3. The summed E-state index contributed by atoms with van der Waals surface area (Å²) >= 11 is 0. The van der Waals surface area contributed by atoms with Crippen molar-refractivity contribution in [3.8, 4) is 0 Å². The van der Waals surface area contributed by atoms with Gasteiger partial charge in [-0.2, -0.15) is 0 Å². The van der Waals surface area contributed by atoms with Crippen molar-refractivity contribution in [3.63, 3.8) is 0 Å². The summed E-state index contributed by atoms with van der Waals surface area (Å²) in [5.41, 5.74) is -1.09. The summed E-state index contributed by atoms with van der Waals surface area (Å²) < 4.78 is 0. The predicted octanol–water partition coefficient (Wildman–Crippen LogP) is 0.694. The van der Waals surface area contributed by atoms with E-state index in [0.717, 1.165) is 12.2 Å². The summed E-state index contributed by atoms with van der Waals surface area (Å²) in [4.78, 5) is 36.8. The molecule has 1 atom stereocenters. The summed E-state index contributed by atoms with van der Waals surface area (Å²) in [5, 5.41) is 3.10. The maximum atomic E-state index is 12.1. The molecular weight excluding hydrogens is 243 g/mol. The van der Waals surface area contributed by atoms with Gasteiger partial charge in [-0.15, -0.1) is 0 Å². The van der Waals surface area contributed by atoms with Crippen LogP contribution in [0.2, 0.25) is 0 Å². The van der Waals surface area contributed by atoms with Gasteiger partial charge in [0.25, 0.3) is 0 Å². The highest BCUT2D eigenvalue weighted by atomic mass is 16.2. The fourth-order valence-electron chi connectivity index (χ4n) is 1.73. The molecule has 105 valence electrons. The normalized spacial score (nSPS) is 20.9. The molecule has 5 nitrogen and oxygen atoms in total. The van der Waals surface area contributed by atoms with Crippen LogP contribution in [0.3, 0.4) is 0 Å². The predicted molar refractivity (Wildman–Crippen MR) is 73.4 cm³/mol. The minimum atomic E-state index is -0.601. The maximum Gasteiger partial charge on any atom is 0.345 e. The molecule has 1 aliphatic rings. The van der Waals surface area contributed by atoms with Crippen LogP contribution in [0.5, 0.6) is 0 Å². The first kappa shape index (κ1) is 15.9. The Bertz CT molecular complexity index is 407. The van der Waals surface area contributed by atoms with Crippen molar-refractivity contribution >= 4 is 24.9 Å². The van der Waals surface area contributed by atoms with E-state index >= 15 is 0 Å². The van der Waals surface area contributed by atoms with E-state index in [1.807, 2.05) is 20.8 Å². The van der Waals surface area contributed by atoms with E-state index in [9.17, 15) is 14.4 Å². The van der Waals surface area contributed by atoms with Crippen LogP contribution >= 0.6 is 0 Å². The highest BCUT2D eigenvalue weighted by Gasteiger charge is 2.42. The average molecular weight is 265 g/mol. The highest BCUT2D eigenvalue weighted by Crippen LogP contribution is 2.19. The second kappa shape index (κ2) is 5.08. The van der Waals surface area contributed by atoms with Crippen LogP contribution in [0.1, 0.15) is 48.0 Å². The fraction of sp³-hybridized carbons (Fsp3) is 0.769. The van der Waals surface area contributed by atoms with Gasteiger partial charge in [0, 0.05) is 11.0 Å². The van der Waals surface area contributed by atoms with Gasteiger partial charge in [-0.3, -0.25) is 9.59 Å². The summed E-state index contributed by atoms with van der Waals surface area (Å²) in [6.07, 6.45) is 0.101. The first-order valence-corrected chi connectivity index (χ1v) is 6.45. The van der Waals surface area contributed by atoms with E-state index < -0.39 is 11.5 Å². The zero-order chi connectivity index (χ0) is 15.0. The lowest BCUT2D eigenvalue weighted by Gasteiger charge is -2.25. The molecule has 0 aliphatic carbocycles. The molecule has 1 radical (unpaired) electrons. The Labute approximate surface area is 115 Å². The molecule has 1 N–H and O–H groups in total. The summed E-state index contributed by atoms with van der Waals surface area (Å²) in [7, 11) is 1.13. The summed E-state index contributed by atoms with van der Waals surface area (Å²) in [6, 6.07) is -0.545. The van der Waals surface area contributed by atoms with Crippen molar-refractivity contribution in [1.82, 2.24) is 10.1 Å². The Morgan fingerprint density at radius 1 is 1.21 bits per heavy atom. The smallest absolute Gasteiger partial charge is 0.323 e. The van der Waals surface area contributed by atoms with Crippen LogP contribution in [0.15, 0.2) is 0 Å². The standard InChI is InChI=1S/C13H22BN2O3/c1-12(2,3)11(19)14-16-9(17)7-8(10(16)18)15-13(4,5)6/h8,15H,7H2,1-6H3. The van der Waals surface area contributed by atoms with Crippen LogP contribution in [0, 0.1) is 5.41 Å². The van der Waals surface area contributed by atoms with Crippen molar-refractivity contribution in [2.24, 2.45) is 5.41 Å². The lowest BCUT2D eigenvalue weighted by Crippen LogP contribution is -2.49. The number of hydrogen-bond acceptors (Lipinski definition) is 4. The third-order valence-corrected chi connectivity index (χ3v) is 2.78. The van der Waals surface area contributed by atoms with Crippen LogP contribution in [-0.2, 0) is 14.4 Å². The van der Waals surface area contributed by atoms with E-state index in [1.54, 1.807) is 20.8 Å². The number of carbonyl (C=O) groups excluding carboxylic acids is 3. The molecule has 1 aliphatic heterocycles. The van der Waals surface area contributed by atoms with Crippen LogP contribution in [0.4, 0.5) is 0 Å². The number of nitrogens with one attached hydrogen (secondary N) is 1. The fourth-order valence-corrected chi connectivity index (χ4v) is 1.73. The van der Waals surface area contributed by atoms with Gasteiger partial charge in [0.05, 0.1) is 12.5 Å². The molecule has 6 heteroatoms. The van der Waals surface area contributed by atoms with Gasteiger partial charge in [0.1, 0.15) is 5.68 Å². The number of rotatable bonds is 3. The minimum absolute atomic E-state index is 0.101. The first-order valence-electron chi connectivity index (χ1n) is 6.45. The van der Waals surface area contributed by atoms with Crippen LogP contribution in [0.25, 0.3) is 0 Å². The van der Waals surface area contributed by atoms with Gasteiger partial charge in [-0.1, -0.05) is 20.8 Å². The second-order valence-corrected chi connectivity index (χ2v) is 7.00. The van der Waals surface area contributed by atoms with E-state index in [0.29, 0.717) is 0 Å². The topological polar surface area (TPSA) is 66.5 Å². The lowest BCUT2D eigenvalue weighted by molar-refractivity contribution is -0.134. The molecule has 1 saturated heterocycles. The molecule has 0 aromatic carbocycles. The average Bonchev–Trinajstić information content (AvgIpc) is 2.41. The number of imide groups is 1. The molecule has 1 heterocycles. The molecule has 0 bridgehead atoms. The van der Waals surface area contributed by atoms with Gasteiger partial charge < -0.3 is 14.9 Å². The maximum absolute atomic E-state index is 12.1. The molecule has 0 spiro atoms. The Morgan fingerprint density at radius 3 is 2.16 bits per heavy atom. The zero-order valence-corrected chi connectivity index (χ0v) is 12.5. The first-order chi connectivity index (χ1) is 8.42. The molecule has 1 fully saturated rings. The van der Waals surface area contributed by atoms with E-state index in [2.05, 4.69) is 5.32 Å². The molecule has 1 rings (SSSR count). The minimum Gasteiger partial charge on any atom is -0.323 e. The van der Waals surface area contributed by atoms with Crippen LogP contribution < -0.4 is 5.32 Å². The quantitative estimate of drug-likeness (QED) is 0.602. The monoisotopic (exact) mass is 265 g/mol. The highest BCUT2D eigenvalue weighted by molar-refractivity contribution is 6.76. The van der Waals surface area contributed by atoms with Gasteiger partial charge in [-0.25, -0.2) is 0 Å². The summed E-state index contributed by atoms with van der Waals surface area (Å²) in [6.45, 7) is 11.0. The Kier molecular flexibility index (Phi) is 4.25. The molecule has 0 saturated carbocycles. The lowest BCUT2D eigenvalue weighted by atomic mass is 9.70. The Balaban J connectivity index is 2.75. The largest absolute Gasteiger partial charge is 0.345 e. The SMILES string of the molecule is CC(C)(C)NC1CC(=O)N([B]C(=O)C(C)(C)C)C1=O. The van der Waals surface area contributed by atoms with E-state index in [-0.39, 0.29) is 29.5 Å². The molecule has 0 aromatic rings. The second-order valence-electron chi connectivity index (χ2n) is 7.00. The number of nitrogens with zero attached hydrogens (tertiary/aromatic N) is 1. The van der Waals surface area contributed by atoms with Gasteiger partial charge in [0.2, 0.25) is 11.8 Å². The Hall–Kier alpha value is -1.17. The van der Waals surface area contributed by atoms with Crippen molar-refractivity contribution in [2.75, 3.05) is 0 Å².